The third-order valence-corrected chi connectivity index (χ3v) is 2.40. The number of nitrogens with two attached hydrogens (primary N) is 2. The number of carbonyl (C=O) groups excluding carboxylic acids is 1. The number of carbonyl (C=O) groups is 1. The number of unbranched alkanes of at least 4 members (excludes halogenated alkanes) is 3. The van der Waals surface area contributed by atoms with Crippen molar-refractivity contribution in [3.05, 3.63) is 29.8 Å². The lowest BCUT2D eigenvalue weighted by Crippen LogP contribution is -2.00. The van der Waals surface area contributed by atoms with Gasteiger partial charge in [0.15, 0.2) is 0 Å². The number of ether oxygens (including phenoxy) is 1. The zero-order valence-corrected chi connectivity index (χ0v) is 13.1. The Balaban J connectivity index is 0. The van der Waals surface area contributed by atoms with Crippen molar-refractivity contribution in [1.29, 1.82) is 0 Å². The molecule has 0 radical (unpaired) electrons. The van der Waals surface area contributed by atoms with E-state index in [1.165, 1.54) is 18.4 Å². The average molecular weight is 298 g/mol. The summed E-state index contributed by atoms with van der Waals surface area (Å²) in [5, 5.41) is 8.76. The van der Waals surface area contributed by atoms with Crippen molar-refractivity contribution in [2.24, 2.45) is 11.5 Å². The van der Waals surface area contributed by atoms with E-state index in [0.29, 0.717) is 5.75 Å². The summed E-state index contributed by atoms with van der Waals surface area (Å²) < 4.78 is 4.50. The molecule has 0 aliphatic carbocycles. The smallest absolute Gasteiger partial charge is 0.115 e. The first-order chi connectivity index (χ1) is 10.2. The normalized spacial score (nSPS) is 10.8. The SMILES string of the molecule is C1CO1.C=O.Cc1ccc(O)cc1.NCCCCCCN. The first kappa shape index (κ1) is 21.9. The van der Waals surface area contributed by atoms with E-state index >= 15 is 0 Å². The van der Waals surface area contributed by atoms with Crippen molar-refractivity contribution < 1.29 is 14.6 Å². The average Bonchev–Trinajstić information content (AvgIpc) is 3.38. The highest BCUT2D eigenvalue weighted by molar-refractivity contribution is 5.24. The predicted molar refractivity (Wildman–Crippen MR) is 87.4 cm³/mol. The van der Waals surface area contributed by atoms with Crippen molar-refractivity contribution >= 4 is 6.79 Å². The third kappa shape index (κ3) is 24.0. The molecular weight excluding hydrogens is 268 g/mol. The van der Waals surface area contributed by atoms with Gasteiger partial charge in [0, 0.05) is 0 Å². The first-order valence-corrected chi connectivity index (χ1v) is 7.23. The first-order valence-electron chi connectivity index (χ1n) is 7.23. The number of hydrogen-bond donors (Lipinski definition) is 3. The topological polar surface area (TPSA) is 102 Å². The molecule has 122 valence electrons. The second-order valence-corrected chi connectivity index (χ2v) is 4.44. The van der Waals surface area contributed by atoms with Crippen molar-refractivity contribution in [2.45, 2.75) is 32.6 Å². The maximum atomic E-state index is 8.76. The van der Waals surface area contributed by atoms with Gasteiger partial charge in [0.2, 0.25) is 0 Å². The number of aryl methyl sites for hydroxylation is 1. The Hall–Kier alpha value is -1.43. The lowest BCUT2D eigenvalue weighted by atomic mass is 10.2. The Morgan fingerprint density at radius 1 is 1.00 bits per heavy atom. The molecule has 0 bridgehead atoms. The molecule has 1 fully saturated rings. The van der Waals surface area contributed by atoms with Crippen LogP contribution in [0.25, 0.3) is 0 Å². The molecule has 1 aliphatic rings. The van der Waals surface area contributed by atoms with Crippen molar-refractivity contribution in [2.75, 3.05) is 26.3 Å². The van der Waals surface area contributed by atoms with Crippen LogP contribution in [-0.2, 0) is 9.53 Å². The van der Waals surface area contributed by atoms with Crippen LogP contribution in [-0.4, -0.2) is 38.2 Å². The molecule has 2 rings (SSSR count). The van der Waals surface area contributed by atoms with Gasteiger partial charge < -0.3 is 26.1 Å². The molecule has 1 heterocycles. The van der Waals surface area contributed by atoms with Crippen LogP contribution >= 0.6 is 0 Å². The Labute approximate surface area is 128 Å². The molecule has 0 amide bonds. The Morgan fingerprint density at radius 2 is 1.38 bits per heavy atom. The molecule has 1 aliphatic heterocycles. The summed E-state index contributed by atoms with van der Waals surface area (Å²) >= 11 is 0. The maximum absolute atomic E-state index is 8.76. The van der Waals surface area contributed by atoms with Gasteiger partial charge in [0.25, 0.3) is 0 Å². The minimum atomic E-state index is 0.329. The number of phenolic OH excluding ortho intramolecular Hbond substituents is 1. The summed E-state index contributed by atoms with van der Waals surface area (Å²) in [5.41, 5.74) is 11.7. The number of rotatable bonds is 5. The number of epoxide rings is 1. The van der Waals surface area contributed by atoms with Crippen LogP contribution in [0.1, 0.15) is 31.2 Å². The lowest BCUT2D eigenvalue weighted by Gasteiger charge is -1.94. The lowest BCUT2D eigenvalue weighted by molar-refractivity contribution is -0.0979. The highest BCUT2D eigenvalue weighted by atomic mass is 16.6. The van der Waals surface area contributed by atoms with Gasteiger partial charge in [-0.15, -0.1) is 0 Å². The Kier molecular flexibility index (Phi) is 19.3. The van der Waals surface area contributed by atoms with Crippen molar-refractivity contribution in [1.82, 2.24) is 0 Å². The maximum Gasteiger partial charge on any atom is 0.115 e. The van der Waals surface area contributed by atoms with Gasteiger partial charge in [0.05, 0.1) is 13.2 Å². The van der Waals surface area contributed by atoms with Crippen LogP contribution in [0.4, 0.5) is 0 Å². The highest BCUT2D eigenvalue weighted by Crippen LogP contribution is 2.07. The van der Waals surface area contributed by atoms with E-state index in [0.717, 1.165) is 39.1 Å². The highest BCUT2D eigenvalue weighted by Gasteiger charge is 1.94. The third-order valence-electron chi connectivity index (χ3n) is 2.40. The molecule has 1 aromatic carbocycles. The van der Waals surface area contributed by atoms with Crippen molar-refractivity contribution in [3.63, 3.8) is 0 Å². The molecule has 5 heteroatoms. The molecule has 0 atom stereocenters. The summed E-state index contributed by atoms with van der Waals surface area (Å²) in [6.45, 7) is 7.63. The standard InChI is InChI=1S/C7H8O.C6H16N2.C2H4O.CH2O/c1-6-2-4-7(8)5-3-6;7-5-3-1-2-4-6-8;1-2-3-1;1-2/h2-5,8H,1H3;1-8H2;1-2H2;1H2. The molecule has 0 unspecified atom stereocenters. The number of benzene rings is 1. The minimum Gasteiger partial charge on any atom is -0.508 e. The van der Waals surface area contributed by atoms with Gasteiger partial charge in [-0.25, -0.2) is 0 Å². The van der Waals surface area contributed by atoms with E-state index in [9.17, 15) is 0 Å². The molecule has 5 nitrogen and oxygen atoms in total. The van der Waals surface area contributed by atoms with Gasteiger partial charge in [-0.1, -0.05) is 30.5 Å². The van der Waals surface area contributed by atoms with E-state index < -0.39 is 0 Å². The molecule has 0 spiro atoms. The van der Waals surface area contributed by atoms with Crippen LogP contribution in [0.15, 0.2) is 24.3 Å². The van der Waals surface area contributed by atoms with Crippen LogP contribution in [0.5, 0.6) is 5.75 Å². The molecule has 0 saturated carbocycles. The molecular formula is C16H30N2O3. The number of phenols is 1. The predicted octanol–water partition coefficient (Wildman–Crippen LogP) is 2.00. The second kappa shape index (κ2) is 18.6. The van der Waals surface area contributed by atoms with E-state index in [1.807, 2.05) is 25.8 Å². The van der Waals surface area contributed by atoms with E-state index in [-0.39, 0.29) is 0 Å². The summed E-state index contributed by atoms with van der Waals surface area (Å²) in [7, 11) is 0. The fraction of sp³-hybridized carbons (Fsp3) is 0.562. The fourth-order valence-corrected chi connectivity index (χ4v) is 1.19. The minimum absolute atomic E-state index is 0.329. The molecule has 1 saturated heterocycles. The number of aromatic hydroxyl groups is 1. The van der Waals surface area contributed by atoms with Crippen LogP contribution in [0, 0.1) is 6.92 Å². The van der Waals surface area contributed by atoms with Gasteiger partial charge >= 0.3 is 0 Å². The summed E-state index contributed by atoms with van der Waals surface area (Å²) in [5.74, 6) is 0.329. The van der Waals surface area contributed by atoms with E-state index in [2.05, 4.69) is 4.74 Å². The van der Waals surface area contributed by atoms with Gasteiger partial charge in [-0.3, -0.25) is 0 Å². The van der Waals surface area contributed by atoms with Gasteiger partial charge in [-0.2, -0.15) is 0 Å². The zero-order valence-electron chi connectivity index (χ0n) is 13.1. The quantitative estimate of drug-likeness (QED) is 0.570. The van der Waals surface area contributed by atoms with Gasteiger partial charge in [-0.05, 0) is 45.0 Å². The second-order valence-electron chi connectivity index (χ2n) is 4.44. The molecule has 1 aromatic rings. The van der Waals surface area contributed by atoms with Crippen LogP contribution < -0.4 is 11.5 Å². The van der Waals surface area contributed by atoms with E-state index in [1.54, 1.807) is 12.1 Å². The molecule has 0 aromatic heterocycles. The van der Waals surface area contributed by atoms with Crippen LogP contribution in [0.3, 0.4) is 0 Å². The summed E-state index contributed by atoms with van der Waals surface area (Å²) in [4.78, 5) is 8.00. The van der Waals surface area contributed by atoms with Crippen molar-refractivity contribution in [3.8, 4) is 5.75 Å². The number of hydrogen-bond acceptors (Lipinski definition) is 5. The monoisotopic (exact) mass is 298 g/mol. The van der Waals surface area contributed by atoms with Gasteiger partial charge in [0.1, 0.15) is 12.5 Å². The molecule has 5 N–H and O–H groups in total. The summed E-state index contributed by atoms with van der Waals surface area (Å²) in [6.07, 6.45) is 4.79. The Morgan fingerprint density at radius 3 is 1.62 bits per heavy atom. The van der Waals surface area contributed by atoms with Crippen LogP contribution in [0.2, 0.25) is 0 Å². The van der Waals surface area contributed by atoms with E-state index in [4.69, 9.17) is 21.4 Å². The fourth-order valence-electron chi connectivity index (χ4n) is 1.19. The largest absolute Gasteiger partial charge is 0.508 e. The Bertz CT molecular complexity index is 273. The zero-order chi connectivity index (χ0) is 16.3. The summed E-state index contributed by atoms with van der Waals surface area (Å²) in [6, 6.07) is 7.09. The molecule has 21 heavy (non-hydrogen) atoms.